The van der Waals surface area contributed by atoms with Gasteiger partial charge in [0.15, 0.2) is 0 Å². The summed E-state index contributed by atoms with van der Waals surface area (Å²) in [5.74, 6) is -0.262. The average Bonchev–Trinajstić information content (AvgIpc) is 2.88. The Morgan fingerprint density at radius 1 is 1.56 bits per heavy atom. The highest BCUT2D eigenvalue weighted by molar-refractivity contribution is 5.83. The van der Waals surface area contributed by atoms with E-state index in [0.29, 0.717) is 0 Å². The fourth-order valence-electron chi connectivity index (χ4n) is 2.53. The average molecular weight is 248 g/mol. The van der Waals surface area contributed by atoms with Crippen LogP contribution in [0.5, 0.6) is 0 Å². The quantitative estimate of drug-likeness (QED) is 0.851. The normalized spacial score (nSPS) is 19.4. The Labute approximate surface area is 107 Å². The van der Waals surface area contributed by atoms with E-state index >= 15 is 0 Å². The van der Waals surface area contributed by atoms with E-state index in [2.05, 4.69) is 10.3 Å². The molecule has 0 aliphatic heterocycles. The van der Waals surface area contributed by atoms with Crippen LogP contribution in [0.15, 0.2) is 24.5 Å². The molecule has 1 aromatic rings. The highest BCUT2D eigenvalue weighted by Crippen LogP contribution is 2.30. The molecule has 1 aliphatic rings. The third-order valence-electron chi connectivity index (χ3n) is 3.83. The van der Waals surface area contributed by atoms with Gasteiger partial charge < -0.3 is 10.4 Å². The lowest BCUT2D eigenvalue weighted by Gasteiger charge is -2.29. The fourth-order valence-corrected chi connectivity index (χ4v) is 2.53. The van der Waals surface area contributed by atoms with Crippen molar-refractivity contribution in [1.29, 1.82) is 0 Å². The van der Waals surface area contributed by atoms with Crippen LogP contribution in [0.3, 0.4) is 0 Å². The predicted molar refractivity (Wildman–Crippen MR) is 69.1 cm³/mol. The minimum absolute atomic E-state index is 0.0263. The molecule has 0 spiro atoms. The van der Waals surface area contributed by atoms with E-state index in [9.17, 15) is 9.90 Å². The molecule has 4 nitrogen and oxygen atoms in total. The van der Waals surface area contributed by atoms with Crippen molar-refractivity contribution in [3.8, 4) is 0 Å². The van der Waals surface area contributed by atoms with Gasteiger partial charge in [0, 0.05) is 12.4 Å². The van der Waals surface area contributed by atoms with Crippen LogP contribution in [-0.2, 0) is 4.79 Å². The molecule has 2 N–H and O–H groups in total. The third-order valence-corrected chi connectivity index (χ3v) is 3.83. The summed E-state index contributed by atoms with van der Waals surface area (Å²) < 4.78 is 0. The van der Waals surface area contributed by atoms with Crippen molar-refractivity contribution in [2.24, 2.45) is 0 Å². The second kappa shape index (κ2) is 5.48. The van der Waals surface area contributed by atoms with Crippen LogP contribution in [0.1, 0.15) is 44.1 Å². The van der Waals surface area contributed by atoms with E-state index in [1.165, 1.54) is 0 Å². The first-order valence-corrected chi connectivity index (χ1v) is 6.50. The minimum Gasteiger partial charge on any atom is -0.394 e. The van der Waals surface area contributed by atoms with E-state index in [1.54, 1.807) is 12.4 Å². The molecule has 4 heteroatoms. The Hall–Kier alpha value is -1.42. The van der Waals surface area contributed by atoms with Crippen LogP contribution in [0, 0.1) is 0 Å². The molecule has 1 aromatic heterocycles. The summed E-state index contributed by atoms with van der Waals surface area (Å²) in [6.45, 7) is 1.89. The van der Waals surface area contributed by atoms with Crippen molar-refractivity contribution in [2.75, 3.05) is 6.61 Å². The molecule has 0 bridgehead atoms. The number of aliphatic hydroxyl groups is 1. The summed E-state index contributed by atoms with van der Waals surface area (Å²) >= 11 is 0. The molecule has 2 rings (SSSR count). The smallest absolute Gasteiger partial charge is 0.227 e. The minimum atomic E-state index is -0.395. The Balaban J connectivity index is 2.03. The lowest BCUT2D eigenvalue weighted by atomic mass is 9.95. The Kier molecular flexibility index (Phi) is 3.97. The molecular formula is C14H20N2O2. The van der Waals surface area contributed by atoms with Gasteiger partial charge >= 0.3 is 0 Å². The van der Waals surface area contributed by atoms with E-state index in [4.69, 9.17) is 0 Å². The fraction of sp³-hybridized carbons (Fsp3) is 0.571. The molecule has 1 atom stereocenters. The maximum atomic E-state index is 12.2. The lowest BCUT2D eigenvalue weighted by Crippen LogP contribution is -2.50. The number of rotatable bonds is 4. The van der Waals surface area contributed by atoms with Crippen molar-refractivity contribution < 1.29 is 9.90 Å². The zero-order valence-corrected chi connectivity index (χ0v) is 10.7. The van der Waals surface area contributed by atoms with Gasteiger partial charge in [0.2, 0.25) is 5.91 Å². The Bertz CT molecular complexity index is 400. The maximum Gasteiger partial charge on any atom is 0.227 e. The molecule has 1 heterocycles. The van der Waals surface area contributed by atoms with Gasteiger partial charge in [-0.25, -0.2) is 0 Å². The summed E-state index contributed by atoms with van der Waals surface area (Å²) in [4.78, 5) is 16.2. The monoisotopic (exact) mass is 248 g/mol. The van der Waals surface area contributed by atoms with E-state index in [-0.39, 0.29) is 18.4 Å². The maximum absolute atomic E-state index is 12.2. The first-order valence-electron chi connectivity index (χ1n) is 6.50. The van der Waals surface area contributed by atoms with Crippen LogP contribution < -0.4 is 5.32 Å². The molecule has 1 unspecified atom stereocenters. The molecule has 98 valence electrons. The number of hydrogen-bond acceptors (Lipinski definition) is 3. The number of aliphatic hydroxyl groups excluding tert-OH is 1. The molecule has 0 radical (unpaired) electrons. The van der Waals surface area contributed by atoms with Crippen molar-refractivity contribution in [3.05, 3.63) is 30.1 Å². The summed E-state index contributed by atoms with van der Waals surface area (Å²) in [5.41, 5.74) is 0.508. The van der Waals surface area contributed by atoms with Crippen molar-refractivity contribution in [2.45, 2.75) is 44.1 Å². The highest BCUT2D eigenvalue weighted by Gasteiger charge is 2.35. The second-order valence-electron chi connectivity index (χ2n) is 5.14. The summed E-state index contributed by atoms with van der Waals surface area (Å²) in [6.07, 6.45) is 7.29. The van der Waals surface area contributed by atoms with Crippen molar-refractivity contribution >= 4 is 5.91 Å². The van der Waals surface area contributed by atoms with Crippen LogP contribution in [-0.4, -0.2) is 28.1 Å². The summed E-state index contributed by atoms with van der Waals surface area (Å²) in [7, 11) is 0. The Morgan fingerprint density at radius 2 is 2.28 bits per heavy atom. The van der Waals surface area contributed by atoms with Crippen LogP contribution in [0.25, 0.3) is 0 Å². The van der Waals surface area contributed by atoms with Gasteiger partial charge in [0.05, 0.1) is 18.1 Å². The molecule has 1 amide bonds. The largest absolute Gasteiger partial charge is 0.394 e. The first-order chi connectivity index (χ1) is 8.67. The van der Waals surface area contributed by atoms with Crippen LogP contribution >= 0.6 is 0 Å². The number of nitrogens with one attached hydrogen (secondary N) is 1. The van der Waals surface area contributed by atoms with E-state index in [0.717, 1.165) is 31.2 Å². The Morgan fingerprint density at radius 3 is 2.83 bits per heavy atom. The van der Waals surface area contributed by atoms with Crippen molar-refractivity contribution in [1.82, 2.24) is 10.3 Å². The number of carbonyl (C=O) groups is 1. The molecule has 1 aliphatic carbocycles. The van der Waals surface area contributed by atoms with Gasteiger partial charge in [0.1, 0.15) is 0 Å². The number of amides is 1. The number of hydrogen-bond donors (Lipinski definition) is 2. The van der Waals surface area contributed by atoms with Crippen LogP contribution in [0.2, 0.25) is 0 Å². The van der Waals surface area contributed by atoms with Gasteiger partial charge in [-0.1, -0.05) is 18.9 Å². The highest BCUT2D eigenvalue weighted by atomic mass is 16.3. The van der Waals surface area contributed by atoms with Crippen LogP contribution in [0.4, 0.5) is 0 Å². The number of pyridine rings is 1. The predicted octanol–water partition coefficient (Wildman–Crippen LogP) is 1.61. The number of carbonyl (C=O) groups excluding carboxylic acids is 1. The molecule has 1 saturated carbocycles. The second-order valence-corrected chi connectivity index (χ2v) is 5.14. The van der Waals surface area contributed by atoms with Crippen molar-refractivity contribution in [3.63, 3.8) is 0 Å². The molecule has 0 saturated heterocycles. The van der Waals surface area contributed by atoms with Gasteiger partial charge in [-0.2, -0.15) is 0 Å². The number of nitrogens with zero attached hydrogens (tertiary/aromatic N) is 1. The zero-order chi connectivity index (χ0) is 13.0. The molecule has 18 heavy (non-hydrogen) atoms. The third kappa shape index (κ3) is 2.70. The molecule has 0 aromatic carbocycles. The first kappa shape index (κ1) is 13.0. The summed E-state index contributed by atoms with van der Waals surface area (Å²) in [5, 5.41) is 12.5. The van der Waals surface area contributed by atoms with Gasteiger partial charge in [-0.3, -0.25) is 9.78 Å². The van der Waals surface area contributed by atoms with Gasteiger partial charge in [0.25, 0.3) is 0 Å². The van der Waals surface area contributed by atoms with Gasteiger partial charge in [-0.05, 0) is 31.4 Å². The lowest BCUT2D eigenvalue weighted by molar-refractivity contribution is -0.124. The van der Waals surface area contributed by atoms with Gasteiger partial charge in [-0.15, -0.1) is 0 Å². The SMILES string of the molecule is CC(C(=O)NC1(CO)CCCC1)c1cccnc1. The van der Waals surface area contributed by atoms with E-state index < -0.39 is 5.54 Å². The zero-order valence-electron chi connectivity index (χ0n) is 10.7. The standard InChI is InChI=1S/C14H20N2O2/c1-11(12-5-4-8-15-9-12)13(18)16-14(10-17)6-2-3-7-14/h4-5,8-9,11,17H,2-3,6-7,10H2,1H3,(H,16,18). The molecular weight excluding hydrogens is 228 g/mol. The van der Waals surface area contributed by atoms with E-state index in [1.807, 2.05) is 19.1 Å². The summed E-state index contributed by atoms with van der Waals surface area (Å²) in [6, 6.07) is 3.73. The number of aromatic nitrogens is 1. The topological polar surface area (TPSA) is 62.2 Å². The molecule has 1 fully saturated rings.